The minimum Gasteiger partial charge on any atom is -0.325 e. The Labute approximate surface area is 176 Å². The fourth-order valence-corrected chi connectivity index (χ4v) is 3.94. The standard InChI is InChI=1S/C27H48N/c1-4-5-6-7-8-9-10-11-12-13-14-15-16-17-18-22-25-28(2,3)26-27-23-20-19-21-24-27/h11-12,19-21,23-24H,4-10,13-18,22,25-26H2,1-3H3/q+1/b12-11-. The lowest BCUT2D eigenvalue weighted by atomic mass is 10.1. The molecule has 0 atom stereocenters. The molecule has 0 N–H and O–H groups in total. The van der Waals surface area contributed by atoms with Crippen molar-refractivity contribution in [1.82, 2.24) is 0 Å². The van der Waals surface area contributed by atoms with Gasteiger partial charge in [-0.1, -0.05) is 101 Å². The predicted molar refractivity (Wildman–Crippen MR) is 127 cm³/mol. The van der Waals surface area contributed by atoms with Gasteiger partial charge in [0, 0.05) is 5.56 Å². The van der Waals surface area contributed by atoms with Crippen molar-refractivity contribution < 1.29 is 4.48 Å². The van der Waals surface area contributed by atoms with Crippen molar-refractivity contribution >= 4 is 0 Å². The molecule has 0 bridgehead atoms. The molecule has 0 saturated heterocycles. The Morgan fingerprint density at radius 3 is 1.71 bits per heavy atom. The Hall–Kier alpha value is -1.08. The Balaban J connectivity index is 1.88. The van der Waals surface area contributed by atoms with Crippen LogP contribution in [0.25, 0.3) is 0 Å². The molecule has 0 aliphatic heterocycles. The monoisotopic (exact) mass is 386 g/mol. The van der Waals surface area contributed by atoms with Crippen LogP contribution in [0.3, 0.4) is 0 Å². The van der Waals surface area contributed by atoms with Gasteiger partial charge in [-0.3, -0.25) is 0 Å². The number of benzene rings is 1. The molecular weight excluding hydrogens is 338 g/mol. The van der Waals surface area contributed by atoms with Gasteiger partial charge in [0.05, 0.1) is 20.6 Å². The van der Waals surface area contributed by atoms with Crippen LogP contribution in [0.15, 0.2) is 42.5 Å². The molecule has 0 amide bonds. The summed E-state index contributed by atoms with van der Waals surface area (Å²) in [6.45, 7) is 4.72. The molecule has 0 unspecified atom stereocenters. The molecule has 0 aliphatic carbocycles. The summed E-state index contributed by atoms with van der Waals surface area (Å²) in [6.07, 6.45) is 24.2. The van der Waals surface area contributed by atoms with E-state index in [0.717, 1.165) is 11.0 Å². The Morgan fingerprint density at radius 1 is 0.643 bits per heavy atom. The molecule has 28 heavy (non-hydrogen) atoms. The largest absolute Gasteiger partial charge is 0.325 e. The third kappa shape index (κ3) is 14.9. The van der Waals surface area contributed by atoms with Crippen LogP contribution in [0.1, 0.15) is 102 Å². The maximum Gasteiger partial charge on any atom is 0.104 e. The molecule has 0 fully saturated rings. The first-order valence-electron chi connectivity index (χ1n) is 12.1. The van der Waals surface area contributed by atoms with E-state index in [-0.39, 0.29) is 0 Å². The molecule has 1 nitrogen and oxygen atoms in total. The van der Waals surface area contributed by atoms with Crippen LogP contribution in [0.2, 0.25) is 0 Å². The number of nitrogens with zero attached hydrogens (tertiary/aromatic N) is 1. The molecule has 0 saturated carbocycles. The maximum atomic E-state index is 2.43. The van der Waals surface area contributed by atoms with Gasteiger partial charge in [0.1, 0.15) is 6.54 Å². The van der Waals surface area contributed by atoms with E-state index in [2.05, 4.69) is 63.5 Å². The molecule has 0 heterocycles. The van der Waals surface area contributed by atoms with Crippen LogP contribution in [-0.2, 0) is 6.54 Å². The summed E-state index contributed by atoms with van der Waals surface area (Å²) in [7, 11) is 4.73. The van der Waals surface area contributed by atoms with Crippen LogP contribution < -0.4 is 0 Å². The fraction of sp³-hybridized carbons (Fsp3) is 0.704. The van der Waals surface area contributed by atoms with Crippen LogP contribution in [0.5, 0.6) is 0 Å². The predicted octanol–water partition coefficient (Wildman–Crippen LogP) is 8.30. The smallest absolute Gasteiger partial charge is 0.104 e. The Morgan fingerprint density at radius 2 is 1.14 bits per heavy atom. The zero-order chi connectivity index (χ0) is 20.3. The Bertz CT molecular complexity index is 474. The lowest BCUT2D eigenvalue weighted by Crippen LogP contribution is -2.39. The van der Waals surface area contributed by atoms with E-state index >= 15 is 0 Å². The topological polar surface area (TPSA) is 0 Å². The van der Waals surface area contributed by atoms with Gasteiger partial charge in [0.2, 0.25) is 0 Å². The second-order valence-electron chi connectivity index (χ2n) is 9.24. The summed E-state index contributed by atoms with van der Waals surface area (Å²) >= 11 is 0. The van der Waals surface area contributed by atoms with Gasteiger partial charge in [-0.15, -0.1) is 0 Å². The maximum absolute atomic E-state index is 2.43. The number of quaternary nitrogens is 1. The second-order valence-corrected chi connectivity index (χ2v) is 9.24. The number of unbranched alkanes of at least 4 members (excludes halogenated alkanes) is 12. The van der Waals surface area contributed by atoms with E-state index in [1.807, 2.05) is 0 Å². The van der Waals surface area contributed by atoms with Gasteiger partial charge in [-0.2, -0.15) is 0 Å². The molecule has 1 aromatic carbocycles. The molecule has 0 aromatic heterocycles. The van der Waals surface area contributed by atoms with Gasteiger partial charge in [0.15, 0.2) is 0 Å². The summed E-state index contributed by atoms with van der Waals surface area (Å²) in [4.78, 5) is 0. The highest BCUT2D eigenvalue weighted by atomic mass is 15.3. The van der Waals surface area contributed by atoms with Crippen molar-refractivity contribution in [2.75, 3.05) is 20.6 Å². The zero-order valence-corrected chi connectivity index (χ0v) is 19.3. The van der Waals surface area contributed by atoms with Crippen molar-refractivity contribution in [2.24, 2.45) is 0 Å². The van der Waals surface area contributed by atoms with Crippen molar-refractivity contribution in [3.05, 3.63) is 48.0 Å². The molecule has 0 spiro atoms. The van der Waals surface area contributed by atoms with Crippen LogP contribution in [0.4, 0.5) is 0 Å². The summed E-state index contributed by atoms with van der Waals surface area (Å²) in [5.74, 6) is 0. The van der Waals surface area contributed by atoms with E-state index in [1.165, 1.54) is 102 Å². The highest BCUT2D eigenvalue weighted by Gasteiger charge is 2.14. The van der Waals surface area contributed by atoms with E-state index in [1.54, 1.807) is 0 Å². The van der Waals surface area contributed by atoms with E-state index in [0.29, 0.717) is 0 Å². The molecule has 0 aliphatic rings. The fourth-order valence-electron chi connectivity index (χ4n) is 3.94. The first-order valence-corrected chi connectivity index (χ1v) is 12.1. The molecule has 1 rings (SSSR count). The summed E-state index contributed by atoms with van der Waals surface area (Å²) < 4.78 is 1.10. The number of rotatable bonds is 18. The quantitative estimate of drug-likeness (QED) is 0.135. The SMILES string of the molecule is CCCCCCCC/C=C\CCCCCCCC[N+](C)(C)Cc1ccccc1. The molecule has 0 radical (unpaired) electrons. The number of hydrogen-bond acceptors (Lipinski definition) is 0. The third-order valence-electron chi connectivity index (χ3n) is 5.73. The van der Waals surface area contributed by atoms with E-state index in [9.17, 15) is 0 Å². The summed E-state index contributed by atoms with van der Waals surface area (Å²) in [5.41, 5.74) is 1.46. The molecule has 1 aromatic rings. The number of hydrogen-bond donors (Lipinski definition) is 0. The lowest BCUT2D eigenvalue weighted by Gasteiger charge is -2.30. The van der Waals surface area contributed by atoms with E-state index in [4.69, 9.17) is 0 Å². The average molecular weight is 387 g/mol. The normalized spacial score (nSPS) is 12.1. The van der Waals surface area contributed by atoms with Crippen LogP contribution in [0, 0.1) is 0 Å². The van der Waals surface area contributed by atoms with Crippen molar-refractivity contribution in [1.29, 1.82) is 0 Å². The second kappa shape index (κ2) is 16.8. The lowest BCUT2D eigenvalue weighted by molar-refractivity contribution is -0.903. The highest BCUT2D eigenvalue weighted by Crippen LogP contribution is 2.13. The average Bonchev–Trinajstić information content (AvgIpc) is 2.68. The minimum atomic E-state index is 1.10. The first kappa shape index (κ1) is 25.0. The molecule has 1 heteroatoms. The Kier molecular flexibility index (Phi) is 15.0. The summed E-state index contributed by atoms with van der Waals surface area (Å²) in [6, 6.07) is 10.9. The van der Waals surface area contributed by atoms with Gasteiger partial charge < -0.3 is 4.48 Å². The van der Waals surface area contributed by atoms with Crippen molar-refractivity contribution in [2.45, 2.75) is 103 Å². The zero-order valence-electron chi connectivity index (χ0n) is 19.3. The minimum absolute atomic E-state index is 1.10. The third-order valence-corrected chi connectivity index (χ3v) is 5.73. The van der Waals surface area contributed by atoms with Crippen molar-refractivity contribution in [3.8, 4) is 0 Å². The highest BCUT2D eigenvalue weighted by molar-refractivity contribution is 5.13. The van der Waals surface area contributed by atoms with Gasteiger partial charge in [-0.05, 0) is 38.5 Å². The van der Waals surface area contributed by atoms with E-state index < -0.39 is 0 Å². The van der Waals surface area contributed by atoms with Crippen molar-refractivity contribution in [3.63, 3.8) is 0 Å². The van der Waals surface area contributed by atoms with Crippen LogP contribution >= 0.6 is 0 Å². The first-order chi connectivity index (χ1) is 13.6. The van der Waals surface area contributed by atoms with Crippen LogP contribution in [-0.4, -0.2) is 25.1 Å². The molecule has 160 valence electrons. The van der Waals surface area contributed by atoms with Gasteiger partial charge in [-0.25, -0.2) is 0 Å². The summed E-state index contributed by atoms with van der Waals surface area (Å²) in [5, 5.41) is 0. The van der Waals surface area contributed by atoms with Gasteiger partial charge in [0.25, 0.3) is 0 Å². The number of allylic oxidation sites excluding steroid dienone is 2. The molecular formula is C27H48N+. The van der Waals surface area contributed by atoms with Gasteiger partial charge >= 0.3 is 0 Å².